The molecule has 0 saturated heterocycles. The summed E-state index contributed by atoms with van der Waals surface area (Å²) in [5.74, 6) is 0.0927. The van der Waals surface area contributed by atoms with E-state index in [4.69, 9.17) is 10.5 Å². The van der Waals surface area contributed by atoms with Gasteiger partial charge in [0.15, 0.2) is 0 Å². The Morgan fingerprint density at radius 1 is 1.14 bits per heavy atom. The zero-order chi connectivity index (χ0) is 14.8. The summed E-state index contributed by atoms with van der Waals surface area (Å²) in [5, 5.41) is 0.986. The molecule has 0 bridgehead atoms. The lowest BCUT2D eigenvalue weighted by molar-refractivity contribution is 0.410. The number of nitrogens with two attached hydrogens (primary N) is 1. The number of ether oxygens (including phenoxy) is 1. The molecule has 2 N–H and O–H groups in total. The van der Waals surface area contributed by atoms with Crippen LogP contribution in [0.4, 0.5) is 4.39 Å². The lowest BCUT2D eigenvalue weighted by Gasteiger charge is -2.14. The fourth-order valence-corrected chi connectivity index (χ4v) is 2.32. The van der Waals surface area contributed by atoms with Crippen molar-refractivity contribution in [3.05, 3.63) is 71.7 Å². The van der Waals surface area contributed by atoms with Crippen LogP contribution < -0.4 is 10.5 Å². The molecular weight excluding hydrogens is 267 g/mol. The van der Waals surface area contributed by atoms with Gasteiger partial charge in [0, 0.05) is 23.2 Å². The molecule has 1 aromatic heterocycles. The molecule has 0 aliphatic carbocycles. The van der Waals surface area contributed by atoms with Crippen molar-refractivity contribution in [3.8, 4) is 5.75 Å². The second kappa shape index (κ2) is 5.50. The molecule has 106 valence electrons. The number of fused-ring (bicyclic) bond motifs is 1. The minimum Gasteiger partial charge on any atom is -0.497 e. The Labute approximate surface area is 122 Å². The Balaban J connectivity index is 2.01. The first-order chi connectivity index (χ1) is 10.2. The van der Waals surface area contributed by atoms with E-state index in [0.29, 0.717) is 11.3 Å². The molecule has 21 heavy (non-hydrogen) atoms. The molecule has 0 aliphatic heterocycles. The summed E-state index contributed by atoms with van der Waals surface area (Å²) >= 11 is 0. The Morgan fingerprint density at radius 3 is 2.71 bits per heavy atom. The molecule has 1 atom stereocenters. The van der Waals surface area contributed by atoms with Crippen LogP contribution in [0.1, 0.15) is 17.2 Å². The smallest absolute Gasteiger partial charge is 0.132 e. The van der Waals surface area contributed by atoms with Crippen molar-refractivity contribution in [2.24, 2.45) is 5.73 Å². The number of rotatable bonds is 3. The van der Waals surface area contributed by atoms with Crippen LogP contribution in [-0.2, 0) is 0 Å². The van der Waals surface area contributed by atoms with Gasteiger partial charge in [0.05, 0.1) is 18.7 Å². The minimum absolute atomic E-state index is 0.380. The average molecular weight is 282 g/mol. The van der Waals surface area contributed by atoms with Crippen molar-refractivity contribution in [2.45, 2.75) is 6.04 Å². The largest absolute Gasteiger partial charge is 0.497 e. The third-order valence-corrected chi connectivity index (χ3v) is 3.51. The SMILES string of the molecule is COc1ccc(C(N)c2cnc3ccccc3c2)c(F)c1. The van der Waals surface area contributed by atoms with Gasteiger partial charge in [-0.1, -0.05) is 24.3 Å². The van der Waals surface area contributed by atoms with Gasteiger partial charge >= 0.3 is 0 Å². The van der Waals surface area contributed by atoms with E-state index in [1.807, 2.05) is 30.3 Å². The predicted octanol–water partition coefficient (Wildman–Crippen LogP) is 3.43. The molecule has 3 nitrogen and oxygen atoms in total. The average Bonchev–Trinajstić information content (AvgIpc) is 2.53. The number of hydrogen-bond acceptors (Lipinski definition) is 3. The maximum atomic E-state index is 14.1. The van der Waals surface area contributed by atoms with Crippen LogP contribution in [0.25, 0.3) is 10.9 Å². The topological polar surface area (TPSA) is 48.1 Å². The van der Waals surface area contributed by atoms with E-state index in [0.717, 1.165) is 16.5 Å². The third-order valence-electron chi connectivity index (χ3n) is 3.51. The van der Waals surface area contributed by atoms with Gasteiger partial charge in [-0.2, -0.15) is 0 Å². The summed E-state index contributed by atoms with van der Waals surface area (Å²) < 4.78 is 19.1. The lowest BCUT2D eigenvalue weighted by Crippen LogP contribution is -2.14. The quantitative estimate of drug-likeness (QED) is 0.800. The summed E-state index contributed by atoms with van der Waals surface area (Å²) in [6.07, 6.45) is 1.69. The molecule has 0 spiro atoms. The molecule has 0 fully saturated rings. The molecule has 1 heterocycles. The summed E-state index contributed by atoms with van der Waals surface area (Å²) in [6.45, 7) is 0. The number of pyridine rings is 1. The van der Waals surface area contributed by atoms with Crippen LogP contribution in [-0.4, -0.2) is 12.1 Å². The first-order valence-corrected chi connectivity index (χ1v) is 6.63. The van der Waals surface area contributed by atoms with Gasteiger partial charge in [-0.3, -0.25) is 4.98 Å². The molecule has 4 heteroatoms. The molecule has 1 unspecified atom stereocenters. The summed E-state index contributed by atoms with van der Waals surface area (Å²) in [7, 11) is 1.50. The lowest BCUT2D eigenvalue weighted by atomic mass is 9.99. The van der Waals surface area contributed by atoms with Gasteiger partial charge in [-0.25, -0.2) is 4.39 Å². The van der Waals surface area contributed by atoms with Crippen LogP contribution >= 0.6 is 0 Å². The Morgan fingerprint density at radius 2 is 1.95 bits per heavy atom. The molecular formula is C17H15FN2O. The maximum absolute atomic E-state index is 14.1. The van der Waals surface area contributed by atoms with Crippen molar-refractivity contribution in [3.63, 3.8) is 0 Å². The highest BCUT2D eigenvalue weighted by Crippen LogP contribution is 2.26. The number of methoxy groups -OCH3 is 1. The summed E-state index contributed by atoms with van der Waals surface area (Å²) in [5.41, 5.74) is 8.27. The van der Waals surface area contributed by atoms with E-state index in [2.05, 4.69) is 4.98 Å². The van der Waals surface area contributed by atoms with E-state index in [-0.39, 0.29) is 5.82 Å². The fraction of sp³-hybridized carbons (Fsp3) is 0.118. The predicted molar refractivity (Wildman–Crippen MR) is 80.7 cm³/mol. The third kappa shape index (κ3) is 2.58. The first kappa shape index (κ1) is 13.5. The molecule has 0 saturated carbocycles. The summed E-state index contributed by atoms with van der Waals surface area (Å²) in [6, 6.07) is 13.8. The van der Waals surface area contributed by atoms with Crippen molar-refractivity contribution in [1.82, 2.24) is 4.98 Å². The maximum Gasteiger partial charge on any atom is 0.132 e. The Hall–Kier alpha value is -2.46. The van der Waals surface area contributed by atoms with E-state index in [1.54, 1.807) is 18.3 Å². The normalized spacial score (nSPS) is 12.3. The van der Waals surface area contributed by atoms with E-state index in [1.165, 1.54) is 13.2 Å². The van der Waals surface area contributed by atoms with Crippen molar-refractivity contribution >= 4 is 10.9 Å². The molecule has 2 aromatic carbocycles. The van der Waals surface area contributed by atoms with E-state index >= 15 is 0 Å². The van der Waals surface area contributed by atoms with Crippen LogP contribution in [0.3, 0.4) is 0 Å². The number of benzene rings is 2. The molecule has 3 aromatic rings. The number of aromatic nitrogens is 1. The Bertz CT molecular complexity index is 789. The molecule has 0 radical (unpaired) electrons. The monoisotopic (exact) mass is 282 g/mol. The van der Waals surface area contributed by atoms with Crippen molar-refractivity contribution < 1.29 is 9.13 Å². The number of nitrogens with zero attached hydrogens (tertiary/aromatic N) is 1. The van der Waals surface area contributed by atoms with E-state index in [9.17, 15) is 4.39 Å². The van der Waals surface area contributed by atoms with Crippen LogP contribution in [0.2, 0.25) is 0 Å². The first-order valence-electron chi connectivity index (χ1n) is 6.63. The van der Waals surface area contributed by atoms with E-state index < -0.39 is 6.04 Å². The van der Waals surface area contributed by atoms with Crippen LogP contribution in [0, 0.1) is 5.82 Å². The zero-order valence-corrected chi connectivity index (χ0v) is 11.6. The fourth-order valence-electron chi connectivity index (χ4n) is 2.32. The Kier molecular flexibility index (Phi) is 3.54. The number of halogens is 1. The summed E-state index contributed by atoms with van der Waals surface area (Å²) in [4.78, 5) is 4.36. The van der Waals surface area contributed by atoms with Gasteiger partial charge in [0.1, 0.15) is 11.6 Å². The van der Waals surface area contributed by atoms with Crippen LogP contribution in [0.5, 0.6) is 5.75 Å². The molecule has 3 rings (SSSR count). The standard InChI is InChI=1S/C17H15FN2O/c1-21-13-6-7-14(15(18)9-13)17(19)12-8-11-4-2-3-5-16(11)20-10-12/h2-10,17H,19H2,1H3. The van der Waals surface area contributed by atoms with Crippen LogP contribution in [0.15, 0.2) is 54.7 Å². The van der Waals surface area contributed by atoms with Gasteiger partial charge in [-0.15, -0.1) is 0 Å². The van der Waals surface area contributed by atoms with Crippen molar-refractivity contribution in [2.75, 3.05) is 7.11 Å². The van der Waals surface area contributed by atoms with Gasteiger partial charge in [0.2, 0.25) is 0 Å². The van der Waals surface area contributed by atoms with Gasteiger partial charge in [-0.05, 0) is 23.8 Å². The highest BCUT2D eigenvalue weighted by molar-refractivity contribution is 5.78. The molecule has 0 aliphatic rings. The highest BCUT2D eigenvalue weighted by Gasteiger charge is 2.15. The molecule has 0 amide bonds. The second-order valence-corrected chi connectivity index (χ2v) is 4.83. The van der Waals surface area contributed by atoms with Gasteiger partial charge < -0.3 is 10.5 Å². The second-order valence-electron chi connectivity index (χ2n) is 4.83. The van der Waals surface area contributed by atoms with Crippen molar-refractivity contribution in [1.29, 1.82) is 0 Å². The minimum atomic E-state index is -0.562. The zero-order valence-electron chi connectivity index (χ0n) is 11.6. The van der Waals surface area contributed by atoms with Gasteiger partial charge in [0.25, 0.3) is 0 Å². The highest BCUT2D eigenvalue weighted by atomic mass is 19.1. The number of para-hydroxylation sites is 1. The number of hydrogen-bond donors (Lipinski definition) is 1.